The fourth-order valence-corrected chi connectivity index (χ4v) is 3.31. The monoisotopic (exact) mass is 374 g/mol. The zero-order valence-electron chi connectivity index (χ0n) is 15.0. The minimum Gasteiger partial charge on any atom is -0.366 e. The van der Waals surface area contributed by atoms with Crippen molar-refractivity contribution in [2.45, 2.75) is 25.3 Å². The molecule has 0 saturated carbocycles. The molecule has 0 atom stereocenters. The van der Waals surface area contributed by atoms with E-state index in [9.17, 15) is 8.42 Å². The van der Waals surface area contributed by atoms with E-state index in [1.165, 1.54) is 12.6 Å². The van der Waals surface area contributed by atoms with E-state index in [4.69, 9.17) is 0 Å². The van der Waals surface area contributed by atoms with Crippen LogP contribution in [-0.2, 0) is 16.4 Å². The lowest BCUT2D eigenvalue weighted by molar-refractivity contribution is 0.602. The van der Waals surface area contributed by atoms with E-state index in [1.54, 1.807) is 28.8 Å². The number of nitrogens with zero attached hydrogens (tertiary/aromatic N) is 5. The molecule has 0 radical (unpaired) electrons. The summed E-state index contributed by atoms with van der Waals surface area (Å²) in [6.07, 6.45) is 2.67. The van der Waals surface area contributed by atoms with Gasteiger partial charge in [-0.2, -0.15) is 19.6 Å². The smallest absolute Gasteiger partial charge is 0.256 e. The number of benzene rings is 1. The minimum absolute atomic E-state index is 0.313. The summed E-state index contributed by atoms with van der Waals surface area (Å²) in [6.45, 7) is 6.38. The molecule has 138 valence electrons. The van der Waals surface area contributed by atoms with Crippen molar-refractivity contribution >= 4 is 27.3 Å². The molecular formula is C17H22N6O2S. The molecule has 0 aliphatic heterocycles. The molecule has 2 aromatic heterocycles. The normalized spacial score (nSPS) is 11.7. The third-order valence-electron chi connectivity index (χ3n) is 4.15. The Morgan fingerprint density at radius 1 is 1.15 bits per heavy atom. The van der Waals surface area contributed by atoms with E-state index in [2.05, 4.69) is 39.1 Å². The number of fused-ring (bicyclic) bond motifs is 1. The maximum Gasteiger partial charge on any atom is 0.256 e. The van der Waals surface area contributed by atoms with Crippen LogP contribution in [0.2, 0.25) is 0 Å². The Bertz CT molecular complexity index is 994. The second-order valence-electron chi connectivity index (χ2n) is 5.91. The summed E-state index contributed by atoms with van der Waals surface area (Å²) in [5.41, 5.74) is 0.965. The van der Waals surface area contributed by atoms with Gasteiger partial charge in [0.25, 0.3) is 5.78 Å². The highest BCUT2D eigenvalue weighted by Crippen LogP contribution is 2.19. The molecule has 0 aliphatic carbocycles. The fraction of sp³-hybridized carbons (Fsp3) is 0.353. The first kappa shape index (κ1) is 18.1. The van der Waals surface area contributed by atoms with E-state index < -0.39 is 9.84 Å². The van der Waals surface area contributed by atoms with Crippen LogP contribution < -0.4 is 10.2 Å². The van der Waals surface area contributed by atoms with E-state index >= 15 is 0 Å². The maximum atomic E-state index is 11.6. The van der Waals surface area contributed by atoms with Crippen molar-refractivity contribution < 1.29 is 8.42 Å². The van der Waals surface area contributed by atoms with Crippen molar-refractivity contribution in [3.8, 4) is 0 Å². The van der Waals surface area contributed by atoms with Gasteiger partial charge in [-0.15, -0.1) is 0 Å². The van der Waals surface area contributed by atoms with Gasteiger partial charge in [-0.05, 0) is 31.5 Å². The second-order valence-corrected chi connectivity index (χ2v) is 7.93. The molecule has 1 aromatic carbocycles. The van der Waals surface area contributed by atoms with Gasteiger partial charge in [-0.3, -0.25) is 0 Å². The molecule has 26 heavy (non-hydrogen) atoms. The second kappa shape index (κ2) is 7.28. The first-order chi connectivity index (χ1) is 12.4. The summed E-state index contributed by atoms with van der Waals surface area (Å²) < 4.78 is 24.8. The van der Waals surface area contributed by atoms with E-state index in [0.29, 0.717) is 17.2 Å². The number of nitrogens with one attached hydrogen (secondary N) is 1. The summed E-state index contributed by atoms with van der Waals surface area (Å²) in [6, 6.07) is 8.78. The number of hydrogen-bond acceptors (Lipinski definition) is 7. The first-order valence-electron chi connectivity index (χ1n) is 8.41. The topological polar surface area (TPSA) is 92.5 Å². The molecule has 0 aliphatic rings. The molecule has 0 amide bonds. The lowest BCUT2D eigenvalue weighted by Gasteiger charge is -2.20. The maximum absolute atomic E-state index is 11.6. The van der Waals surface area contributed by atoms with Crippen molar-refractivity contribution in [1.82, 2.24) is 19.6 Å². The standard InChI is InChI=1S/C17H22N6O2S/c1-4-22(5-2)16-10-15(23-17(21-16)19-12-20-23)18-11-13-6-8-14(9-7-13)26(3,24)25/h6-10,12,18H,4-5,11H2,1-3H3. The Morgan fingerprint density at radius 3 is 2.46 bits per heavy atom. The predicted molar refractivity (Wildman–Crippen MR) is 101 cm³/mol. The average molecular weight is 374 g/mol. The highest BCUT2D eigenvalue weighted by molar-refractivity contribution is 7.90. The van der Waals surface area contributed by atoms with E-state index in [1.807, 2.05) is 6.07 Å². The molecular weight excluding hydrogens is 352 g/mol. The molecule has 0 fully saturated rings. The molecule has 0 bridgehead atoms. The third kappa shape index (κ3) is 3.77. The predicted octanol–water partition coefficient (Wildman–Crippen LogP) is 1.99. The third-order valence-corrected chi connectivity index (χ3v) is 5.28. The largest absolute Gasteiger partial charge is 0.366 e. The molecule has 8 nitrogen and oxygen atoms in total. The van der Waals surface area contributed by atoms with Crippen LogP contribution in [0.5, 0.6) is 0 Å². The Hall–Kier alpha value is -2.68. The summed E-state index contributed by atoms with van der Waals surface area (Å²) in [4.78, 5) is 11.2. The van der Waals surface area contributed by atoms with Gasteiger partial charge >= 0.3 is 0 Å². The van der Waals surface area contributed by atoms with Crippen molar-refractivity contribution in [2.75, 3.05) is 29.6 Å². The van der Waals surface area contributed by atoms with Gasteiger partial charge < -0.3 is 10.2 Å². The number of sulfone groups is 1. The minimum atomic E-state index is -3.19. The van der Waals surface area contributed by atoms with Crippen LogP contribution in [0.4, 0.5) is 11.6 Å². The van der Waals surface area contributed by atoms with Crippen LogP contribution in [0.1, 0.15) is 19.4 Å². The zero-order valence-corrected chi connectivity index (χ0v) is 15.9. The van der Waals surface area contributed by atoms with E-state index in [-0.39, 0.29) is 0 Å². The Morgan fingerprint density at radius 2 is 1.85 bits per heavy atom. The summed E-state index contributed by atoms with van der Waals surface area (Å²) in [7, 11) is -3.19. The van der Waals surface area contributed by atoms with Crippen molar-refractivity contribution in [1.29, 1.82) is 0 Å². The Balaban J connectivity index is 1.85. The van der Waals surface area contributed by atoms with Crippen LogP contribution in [0.25, 0.3) is 5.78 Å². The van der Waals surface area contributed by atoms with Gasteiger partial charge in [0.15, 0.2) is 9.84 Å². The summed E-state index contributed by atoms with van der Waals surface area (Å²) in [5.74, 6) is 2.15. The lowest BCUT2D eigenvalue weighted by atomic mass is 10.2. The average Bonchev–Trinajstić information content (AvgIpc) is 3.09. The van der Waals surface area contributed by atoms with Gasteiger partial charge in [-0.25, -0.2) is 8.42 Å². The van der Waals surface area contributed by atoms with Crippen LogP contribution in [0.3, 0.4) is 0 Å². The number of aromatic nitrogens is 4. The van der Waals surface area contributed by atoms with Crippen LogP contribution >= 0.6 is 0 Å². The quantitative estimate of drug-likeness (QED) is 0.676. The zero-order chi connectivity index (χ0) is 18.7. The highest BCUT2D eigenvalue weighted by atomic mass is 32.2. The SMILES string of the molecule is CCN(CC)c1cc(NCc2ccc(S(C)(=O)=O)cc2)n2ncnc2n1. The first-order valence-corrected chi connectivity index (χ1v) is 10.3. The summed E-state index contributed by atoms with van der Waals surface area (Å²) in [5, 5.41) is 7.55. The highest BCUT2D eigenvalue weighted by Gasteiger charge is 2.11. The van der Waals surface area contributed by atoms with Crippen molar-refractivity contribution in [2.24, 2.45) is 0 Å². The Labute approximate surface area is 152 Å². The molecule has 3 aromatic rings. The van der Waals surface area contributed by atoms with Gasteiger partial charge in [-0.1, -0.05) is 12.1 Å². The van der Waals surface area contributed by atoms with Gasteiger partial charge in [0.1, 0.15) is 18.0 Å². The number of anilines is 2. The molecule has 2 heterocycles. The van der Waals surface area contributed by atoms with Gasteiger partial charge in [0.2, 0.25) is 0 Å². The van der Waals surface area contributed by atoms with Crippen LogP contribution in [-0.4, -0.2) is 47.3 Å². The molecule has 3 rings (SSSR count). The van der Waals surface area contributed by atoms with Gasteiger partial charge in [0.05, 0.1) is 4.90 Å². The van der Waals surface area contributed by atoms with Gasteiger partial charge in [0, 0.05) is 32.0 Å². The molecule has 0 spiro atoms. The number of rotatable bonds is 7. The van der Waals surface area contributed by atoms with Crippen molar-refractivity contribution in [3.63, 3.8) is 0 Å². The lowest BCUT2D eigenvalue weighted by Crippen LogP contribution is -2.23. The Kier molecular flexibility index (Phi) is 5.08. The fourth-order valence-electron chi connectivity index (χ4n) is 2.68. The van der Waals surface area contributed by atoms with Crippen LogP contribution in [0, 0.1) is 0 Å². The molecule has 0 unspecified atom stereocenters. The van der Waals surface area contributed by atoms with Crippen molar-refractivity contribution in [3.05, 3.63) is 42.2 Å². The van der Waals surface area contributed by atoms with E-state index in [0.717, 1.165) is 30.3 Å². The number of hydrogen-bond donors (Lipinski definition) is 1. The molecule has 1 N–H and O–H groups in total. The summed E-state index contributed by atoms with van der Waals surface area (Å²) >= 11 is 0. The van der Waals surface area contributed by atoms with Crippen LogP contribution in [0.15, 0.2) is 41.6 Å². The molecule has 9 heteroatoms. The molecule has 0 saturated heterocycles.